The van der Waals surface area contributed by atoms with Crippen LogP contribution in [0.3, 0.4) is 0 Å². The highest BCUT2D eigenvalue weighted by Crippen LogP contribution is 2.33. The predicted octanol–water partition coefficient (Wildman–Crippen LogP) is 4.67. The van der Waals surface area contributed by atoms with Crippen LogP contribution in [0, 0.1) is 0 Å². The van der Waals surface area contributed by atoms with Crippen molar-refractivity contribution < 1.29 is 19.7 Å². The Morgan fingerprint density at radius 1 is 0.750 bits per heavy atom. The Morgan fingerprint density at radius 2 is 1.36 bits per heavy atom. The SMILES string of the molecule is OCCCC(O)c1ccc2oc3ccc(C(O)Cc4ccccc4)cc3c2c1. The second kappa shape index (κ2) is 8.15. The van der Waals surface area contributed by atoms with Crippen molar-refractivity contribution >= 4 is 21.9 Å². The fourth-order valence-corrected chi connectivity index (χ4v) is 3.63. The second-order valence-electron chi connectivity index (χ2n) is 7.20. The molecule has 28 heavy (non-hydrogen) atoms. The molecule has 4 aromatic rings. The van der Waals surface area contributed by atoms with Gasteiger partial charge in [0.2, 0.25) is 0 Å². The number of benzene rings is 3. The smallest absolute Gasteiger partial charge is 0.135 e. The quantitative estimate of drug-likeness (QED) is 0.438. The summed E-state index contributed by atoms with van der Waals surface area (Å²) in [5.41, 5.74) is 4.24. The molecule has 4 rings (SSSR count). The lowest BCUT2D eigenvalue weighted by molar-refractivity contribution is 0.152. The number of hydrogen-bond acceptors (Lipinski definition) is 4. The summed E-state index contributed by atoms with van der Waals surface area (Å²) < 4.78 is 5.92. The normalized spacial score (nSPS) is 13.8. The van der Waals surface area contributed by atoms with Crippen molar-refractivity contribution in [1.29, 1.82) is 0 Å². The lowest BCUT2D eigenvalue weighted by Crippen LogP contribution is -2.01. The molecular formula is C24H24O4. The number of rotatable bonds is 7. The number of aliphatic hydroxyl groups excluding tert-OH is 3. The molecule has 4 heteroatoms. The van der Waals surface area contributed by atoms with E-state index < -0.39 is 12.2 Å². The van der Waals surface area contributed by atoms with E-state index in [0.717, 1.165) is 38.6 Å². The van der Waals surface area contributed by atoms with Crippen molar-refractivity contribution in [3.63, 3.8) is 0 Å². The van der Waals surface area contributed by atoms with Gasteiger partial charge < -0.3 is 19.7 Å². The molecule has 0 spiro atoms. The van der Waals surface area contributed by atoms with Gasteiger partial charge in [-0.15, -0.1) is 0 Å². The van der Waals surface area contributed by atoms with Crippen LogP contribution in [0.1, 0.15) is 41.7 Å². The van der Waals surface area contributed by atoms with E-state index >= 15 is 0 Å². The standard InChI is InChI=1S/C24H24O4/c25-12-4-7-21(26)17-8-10-23-19(14-17)20-15-18(9-11-24(20)28-23)22(27)13-16-5-2-1-3-6-16/h1-3,5-6,8-11,14-15,21-22,25-27H,4,7,12-13H2. The van der Waals surface area contributed by atoms with Crippen molar-refractivity contribution in [3.8, 4) is 0 Å². The van der Waals surface area contributed by atoms with E-state index in [4.69, 9.17) is 9.52 Å². The van der Waals surface area contributed by atoms with Crippen molar-refractivity contribution in [3.05, 3.63) is 83.4 Å². The maximum atomic E-state index is 10.7. The van der Waals surface area contributed by atoms with E-state index in [-0.39, 0.29) is 6.61 Å². The van der Waals surface area contributed by atoms with Gasteiger partial charge in [-0.3, -0.25) is 0 Å². The first-order valence-corrected chi connectivity index (χ1v) is 9.63. The molecule has 0 fully saturated rings. The lowest BCUT2D eigenvalue weighted by atomic mass is 9.98. The van der Waals surface area contributed by atoms with Crippen LogP contribution in [0.4, 0.5) is 0 Å². The van der Waals surface area contributed by atoms with E-state index in [2.05, 4.69) is 0 Å². The minimum atomic E-state index is -0.617. The Bertz CT molecular complexity index is 1070. The third kappa shape index (κ3) is 3.80. The number of aliphatic hydroxyl groups is 3. The van der Waals surface area contributed by atoms with Gasteiger partial charge in [0.05, 0.1) is 12.2 Å². The zero-order valence-corrected chi connectivity index (χ0v) is 15.6. The summed E-state index contributed by atoms with van der Waals surface area (Å²) in [7, 11) is 0. The summed E-state index contributed by atoms with van der Waals surface area (Å²) in [6.07, 6.45) is 0.399. The fraction of sp³-hybridized carbons (Fsp3) is 0.250. The van der Waals surface area contributed by atoms with E-state index in [0.29, 0.717) is 19.3 Å². The lowest BCUT2D eigenvalue weighted by Gasteiger charge is -2.11. The highest BCUT2D eigenvalue weighted by atomic mass is 16.3. The zero-order chi connectivity index (χ0) is 19.5. The summed E-state index contributed by atoms with van der Waals surface area (Å²) in [5.74, 6) is 0. The second-order valence-corrected chi connectivity index (χ2v) is 7.20. The molecule has 2 unspecified atom stereocenters. The van der Waals surface area contributed by atoms with Gasteiger partial charge in [-0.05, 0) is 53.8 Å². The van der Waals surface area contributed by atoms with Gasteiger partial charge in [0.15, 0.2) is 0 Å². The third-order valence-corrected chi connectivity index (χ3v) is 5.19. The first kappa shape index (κ1) is 18.7. The molecule has 0 aliphatic heterocycles. The molecule has 3 aromatic carbocycles. The minimum absolute atomic E-state index is 0.0661. The van der Waals surface area contributed by atoms with Gasteiger partial charge in [0.25, 0.3) is 0 Å². The third-order valence-electron chi connectivity index (χ3n) is 5.19. The van der Waals surface area contributed by atoms with E-state index in [1.54, 1.807) is 0 Å². The largest absolute Gasteiger partial charge is 0.456 e. The van der Waals surface area contributed by atoms with Gasteiger partial charge in [-0.1, -0.05) is 42.5 Å². The van der Waals surface area contributed by atoms with E-state index in [1.165, 1.54) is 0 Å². The fourth-order valence-electron chi connectivity index (χ4n) is 3.63. The predicted molar refractivity (Wildman–Crippen MR) is 110 cm³/mol. The van der Waals surface area contributed by atoms with Crippen LogP contribution in [0.25, 0.3) is 21.9 Å². The van der Waals surface area contributed by atoms with Crippen LogP contribution in [0.15, 0.2) is 71.1 Å². The molecule has 0 radical (unpaired) electrons. The van der Waals surface area contributed by atoms with Crippen molar-refractivity contribution in [1.82, 2.24) is 0 Å². The summed E-state index contributed by atoms with van der Waals surface area (Å²) in [6.45, 7) is 0.0661. The molecule has 0 aliphatic rings. The molecule has 144 valence electrons. The van der Waals surface area contributed by atoms with Crippen molar-refractivity contribution in [2.45, 2.75) is 31.5 Å². The van der Waals surface area contributed by atoms with Gasteiger partial charge in [-0.25, -0.2) is 0 Å². The topological polar surface area (TPSA) is 73.8 Å². The molecule has 0 saturated carbocycles. The van der Waals surface area contributed by atoms with Gasteiger partial charge in [0, 0.05) is 23.8 Å². The Kier molecular flexibility index (Phi) is 5.44. The number of furan rings is 1. The molecular weight excluding hydrogens is 352 g/mol. The Balaban J connectivity index is 1.68. The monoisotopic (exact) mass is 376 g/mol. The van der Waals surface area contributed by atoms with E-state index in [1.807, 2.05) is 66.7 Å². The molecule has 0 aliphatic carbocycles. The zero-order valence-electron chi connectivity index (χ0n) is 15.6. The molecule has 4 nitrogen and oxygen atoms in total. The Hall–Kier alpha value is -2.66. The van der Waals surface area contributed by atoms with Crippen LogP contribution in [0.2, 0.25) is 0 Å². The summed E-state index contributed by atoms with van der Waals surface area (Å²) in [6, 6.07) is 21.4. The maximum Gasteiger partial charge on any atom is 0.135 e. The highest BCUT2D eigenvalue weighted by molar-refractivity contribution is 6.05. The van der Waals surface area contributed by atoms with Crippen molar-refractivity contribution in [2.75, 3.05) is 6.61 Å². The average molecular weight is 376 g/mol. The Labute approximate surface area is 163 Å². The van der Waals surface area contributed by atoms with Crippen molar-refractivity contribution in [2.24, 2.45) is 0 Å². The summed E-state index contributed by atoms with van der Waals surface area (Å²) in [5, 5.41) is 31.9. The maximum absolute atomic E-state index is 10.7. The van der Waals surface area contributed by atoms with Crippen LogP contribution in [0.5, 0.6) is 0 Å². The van der Waals surface area contributed by atoms with E-state index in [9.17, 15) is 10.2 Å². The van der Waals surface area contributed by atoms with Gasteiger partial charge >= 0.3 is 0 Å². The van der Waals surface area contributed by atoms with Crippen LogP contribution < -0.4 is 0 Å². The molecule has 0 bridgehead atoms. The molecule has 0 amide bonds. The van der Waals surface area contributed by atoms with Gasteiger partial charge in [-0.2, -0.15) is 0 Å². The van der Waals surface area contributed by atoms with Gasteiger partial charge in [0.1, 0.15) is 11.2 Å². The number of hydrogen-bond donors (Lipinski definition) is 3. The molecule has 0 saturated heterocycles. The summed E-state index contributed by atoms with van der Waals surface area (Å²) >= 11 is 0. The Morgan fingerprint density at radius 3 is 1.96 bits per heavy atom. The highest BCUT2D eigenvalue weighted by Gasteiger charge is 2.15. The summed E-state index contributed by atoms with van der Waals surface area (Å²) in [4.78, 5) is 0. The minimum Gasteiger partial charge on any atom is -0.456 e. The first-order chi connectivity index (χ1) is 13.7. The molecule has 3 N–H and O–H groups in total. The molecule has 2 atom stereocenters. The van der Waals surface area contributed by atoms with Crippen LogP contribution in [-0.2, 0) is 6.42 Å². The van der Waals surface area contributed by atoms with Crippen LogP contribution >= 0.6 is 0 Å². The first-order valence-electron chi connectivity index (χ1n) is 9.63. The molecule has 1 heterocycles. The molecule has 1 aromatic heterocycles. The average Bonchev–Trinajstić information content (AvgIpc) is 3.09. The van der Waals surface area contributed by atoms with Crippen LogP contribution in [-0.4, -0.2) is 21.9 Å². The number of fused-ring (bicyclic) bond motifs is 3.